The van der Waals surface area contributed by atoms with Gasteiger partial charge in [0.05, 0.1) is 27.4 Å². The van der Waals surface area contributed by atoms with E-state index in [2.05, 4.69) is 10.3 Å². The van der Waals surface area contributed by atoms with Crippen LogP contribution in [0.2, 0.25) is 0 Å². The largest absolute Gasteiger partial charge is 0.490 e. The van der Waals surface area contributed by atoms with E-state index in [1.165, 1.54) is 16.7 Å². The molecule has 0 fully saturated rings. The summed E-state index contributed by atoms with van der Waals surface area (Å²) >= 11 is 0. The number of hydrogen-bond acceptors (Lipinski definition) is 9. The van der Waals surface area contributed by atoms with Gasteiger partial charge in [-0.25, -0.2) is 14.2 Å². The number of aromatic nitrogens is 2. The van der Waals surface area contributed by atoms with Gasteiger partial charge in [0.25, 0.3) is 17.3 Å². The first-order chi connectivity index (χ1) is 21.6. The first-order valence-electron chi connectivity index (χ1n) is 13.3. The van der Waals surface area contributed by atoms with Gasteiger partial charge >= 0.3 is 12.1 Å². The zero-order chi connectivity index (χ0) is 34.2. The number of nitro benzene ring substituents is 2. The summed E-state index contributed by atoms with van der Waals surface area (Å²) in [5.74, 6) is -4.00. The molecule has 0 bridgehead atoms. The lowest BCUT2D eigenvalue weighted by Crippen LogP contribution is -2.38. The number of fused-ring (bicyclic) bond motifs is 1. The van der Waals surface area contributed by atoms with Gasteiger partial charge in [0.15, 0.2) is 5.82 Å². The lowest BCUT2D eigenvalue weighted by Gasteiger charge is -2.14. The SMILES string of the molecule is NCCC[C@H](N)CNC(=O)c1nc2ccc(-c3ccc([N+](=O)[O-])cc3)cc2n1Cc1cc([N+](=O)[O-])ccc1F.O=C(O)C(F)(F)F. The van der Waals surface area contributed by atoms with Crippen molar-refractivity contribution in [1.29, 1.82) is 0 Å². The van der Waals surface area contributed by atoms with Gasteiger partial charge in [-0.1, -0.05) is 6.07 Å². The van der Waals surface area contributed by atoms with Crippen LogP contribution in [0.4, 0.5) is 28.9 Å². The van der Waals surface area contributed by atoms with Gasteiger partial charge in [-0.3, -0.25) is 25.0 Å². The predicted octanol–water partition coefficient (Wildman–Crippen LogP) is 4.14. The fourth-order valence-electron chi connectivity index (χ4n) is 4.16. The van der Waals surface area contributed by atoms with Crippen LogP contribution >= 0.6 is 0 Å². The zero-order valence-corrected chi connectivity index (χ0v) is 23.7. The lowest BCUT2D eigenvalue weighted by molar-refractivity contribution is -0.385. The Hall–Kier alpha value is -5.49. The Labute approximate surface area is 256 Å². The molecule has 0 spiro atoms. The highest BCUT2D eigenvalue weighted by Crippen LogP contribution is 2.28. The standard InChI is InChI=1S/C26H26FN7O5.C2HF3O2/c27-22-9-8-21(34(38)39)12-18(22)15-32-24-13-17(16-3-6-20(7-4-16)33(36)37)5-10-23(24)31-25(32)26(35)30-14-19(29)2-1-11-28;3-2(4,5)1(6)7/h3-10,12-13,19H,1-2,11,14-15,28-29H2,(H,30,35);(H,6,7)/t19-;/m0./s1. The van der Waals surface area contributed by atoms with Crippen molar-refractivity contribution < 1.29 is 42.1 Å². The highest BCUT2D eigenvalue weighted by molar-refractivity contribution is 5.95. The molecule has 46 heavy (non-hydrogen) atoms. The second kappa shape index (κ2) is 15.0. The topological polar surface area (TPSA) is 223 Å². The van der Waals surface area contributed by atoms with Crippen LogP contribution in [-0.4, -0.2) is 61.7 Å². The number of carbonyl (C=O) groups is 2. The number of imidazole rings is 1. The van der Waals surface area contributed by atoms with Crippen LogP contribution in [0.1, 0.15) is 29.0 Å². The molecule has 4 aromatic rings. The molecule has 0 saturated carbocycles. The summed E-state index contributed by atoms with van der Waals surface area (Å²) in [4.78, 5) is 47.7. The molecular formula is C28H27F4N7O7. The molecule has 1 amide bonds. The fourth-order valence-corrected chi connectivity index (χ4v) is 4.16. The third kappa shape index (κ3) is 9.02. The first-order valence-corrected chi connectivity index (χ1v) is 13.3. The van der Waals surface area contributed by atoms with E-state index in [4.69, 9.17) is 21.4 Å². The Balaban J connectivity index is 0.000000738. The molecule has 0 saturated heterocycles. The number of nitrogens with one attached hydrogen (secondary N) is 1. The van der Waals surface area contributed by atoms with Gasteiger partial charge < -0.3 is 26.5 Å². The molecule has 6 N–H and O–H groups in total. The Morgan fingerprint density at radius 2 is 1.57 bits per heavy atom. The van der Waals surface area contributed by atoms with E-state index in [0.29, 0.717) is 41.5 Å². The monoisotopic (exact) mass is 649 g/mol. The Morgan fingerprint density at radius 1 is 0.978 bits per heavy atom. The van der Waals surface area contributed by atoms with Crippen molar-refractivity contribution in [2.24, 2.45) is 11.5 Å². The average molecular weight is 650 g/mol. The fraction of sp³-hybridized carbons (Fsp3) is 0.250. The minimum absolute atomic E-state index is 0.00191. The van der Waals surface area contributed by atoms with E-state index in [-0.39, 0.29) is 41.9 Å². The minimum Gasteiger partial charge on any atom is -0.475 e. The summed E-state index contributed by atoms with van der Waals surface area (Å²) in [6.07, 6.45) is -3.77. The molecule has 0 radical (unpaired) electrons. The number of carbonyl (C=O) groups excluding carboxylic acids is 1. The number of alkyl halides is 3. The minimum atomic E-state index is -5.08. The van der Waals surface area contributed by atoms with E-state index < -0.39 is 33.7 Å². The average Bonchev–Trinajstić information content (AvgIpc) is 3.37. The lowest BCUT2D eigenvalue weighted by atomic mass is 10.0. The summed E-state index contributed by atoms with van der Waals surface area (Å²) in [7, 11) is 0. The van der Waals surface area contributed by atoms with Crippen molar-refractivity contribution in [2.45, 2.75) is 31.6 Å². The van der Waals surface area contributed by atoms with E-state index in [1.807, 2.05) is 0 Å². The number of nitro groups is 2. The molecule has 14 nitrogen and oxygen atoms in total. The van der Waals surface area contributed by atoms with E-state index >= 15 is 0 Å². The summed E-state index contributed by atoms with van der Waals surface area (Å²) in [5.41, 5.74) is 13.5. The molecule has 18 heteroatoms. The van der Waals surface area contributed by atoms with Gasteiger partial charge in [-0.15, -0.1) is 0 Å². The first kappa shape index (κ1) is 35.0. The maximum Gasteiger partial charge on any atom is 0.490 e. The van der Waals surface area contributed by atoms with E-state index in [1.54, 1.807) is 30.3 Å². The smallest absolute Gasteiger partial charge is 0.475 e. The van der Waals surface area contributed by atoms with Crippen molar-refractivity contribution in [3.63, 3.8) is 0 Å². The van der Waals surface area contributed by atoms with Crippen LogP contribution in [0, 0.1) is 26.0 Å². The number of nitrogens with two attached hydrogens (primary N) is 2. The molecule has 0 unspecified atom stereocenters. The number of hydrogen-bond donors (Lipinski definition) is 4. The molecule has 4 rings (SSSR count). The number of carboxylic acid groups (broad SMARTS) is 1. The summed E-state index contributed by atoms with van der Waals surface area (Å²) in [5, 5.41) is 32.2. The Bertz CT molecular complexity index is 1740. The van der Waals surface area contributed by atoms with Crippen molar-refractivity contribution in [1.82, 2.24) is 14.9 Å². The molecule has 0 aliphatic rings. The number of nitrogens with zero attached hydrogens (tertiary/aromatic N) is 4. The van der Waals surface area contributed by atoms with Crippen molar-refractivity contribution in [3.8, 4) is 11.1 Å². The van der Waals surface area contributed by atoms with E-state index in [9.17, 15) is 42.6 Å². The van der Waals surface area contributed by atoms with E-state index in [0.717, 1.165) is 18.2 Å². The van der Waals surface area contributed by atoms with Crippen LogP contribution in [0.25, 0.3) is 22.2 Å². The van der Waals surface area contributed by atoms with Gasteiger partial charge in [0, 0.05) is 42.4 Å². The summed E-state index contributed by atoms with van der Waals surface area (Å²) in [6.45, 7) is 0.431. The molecule has 1 aromatic heterocycles. The highest BCUT2D eigenvalue weighted by Gasteiger charge is 2.38. The van der Waals surface area contributed by atoms with Crippen LogP contribution in [-0.2, 0) is 11.3 Å². The van der Waals surface area contributed by atoms with Crippen molar-refractivity contribution >= 4 is 34.3 Å². The number of amides is 1. The Kier molecular flexibility index (Phi) is 11.4. The molecule has 1 heterocycles. The quantitative estimate of drug-likeness (QED) is 0.103. The number of carboxylic acids is 1. The normalized spacial score (nSPS) is 11.8. The van der Waals surface area contributed by atoms with Crippen LogP contribution in [0.3, 0.4) is 0 Å². The maximum atomic E-state index is 14.7. The van der Waals surface area contributed by atoms with Gasteiger partial charge in [-0.2, -0.15) is 13.2 Å². The highest BCUT2D eigenvalue weighted by atomic mass is 19.4. The van der Waals surface area contributed by atoms with Crippen LogP contribution in [0.5, 0.6) is 0 Å². The Morgan fingerprint density at radius 3 is 2.13 bits per heavy atom. The molecular weight excluding hydrogens is 622 g/mol. The number of halogens is 4. The predicted molar refractivity (Wildman–Crippen MR) is 156 cm³/mol. The van der Waals surface area contributed by atoms with Gasteiger partial charge in [0.1, 0.15) is 5.82 Å². The number of aliphatic carboxylic acids is 1. The van der Waals surface area contributed by atoms with Crippen molar-refractivity contribution in [3.05, 3.63) is 98.1 Å². The molecule has 1 atom stereocenters. The third-order valence-electron chi connectivity index (χ3n) is 6.48. The van der Waals surface area contributed by atoms with Gasteiger partial charge in [-0.05, 0) is 60.8 Å². The number of non-ortho nitro benzene ring substituents is 2. The van der Waals surface area contributed by atoms with Crippen LogP contribution < -0.4 is 16.8 Å². The number of rotatable bonds is 11. The van der Waals surface area contributed by atoms with Crippen molar-refractivity contribution in [2.75, 3.05) is 13.1 Å². The second-order valence-corrected chi connectivity index (χ2v) is 9.77. The number of benzene rings is 3. The molecule has 0 aliphatic carbocycles. The molecule has 244 valence electrons. The maximum absolute atomic E-state index is 14.7. The van der Waals surface area contributed by atoms with Gasteiger partial charge in [0.2, 0.25) is 0 Å². The van der Waals surface area contributed by atoms with Crippen LogP contribution in [0.15, 0.2) is 60.7 Å². The molecule has 0 aliphatic heterocycles. The summed E-state index contributed by atoms with van der Waals surface area (Å²) in [6, 6.07) is 14.0. The third-order valence-corrected chi connectivity index (χ3v) is 6.48. The zero-order valence-electron chi connectivity index (χ0n) is 23.7. The second-order valence-electron chi connectivity index (χ2n) is 9.77. The summed E-state index contributed by atoms with van der Waals surface area (Å²) < 4.78 is 48.0. The molecule has 3 aromatic carbocycles.